The minimum Gasteiger partial charge on any atom is -0.377 e. The van der Waals surface area contributed by atoms with Crippen LogP contribution in [-0.2, 0) is 0 Å². The van der Waals surface area contributed by atoms with Gasteiger partial charge in [0.1, 0.15) is 0 Å². The molecule has 0 saturated carbocycles. The summed E-state index contributed by atoms with van der Waals surface area (Å²) in [6.07, 6.45) is 4.41. The van der Waals surface area contributed by atoms with E-state index in [2.05, 4.69) is 108 Å². The van der Waals surface area contributed by atoms with Crippen LogP contribution in [0.5, 0.6) is 0 Å². The highest BCUT2D eigenvalue weighted by atomic mass is 15.1. The highest BCUT2D eigenvalue weighted by Crippen LogP contribution is 2.34. The van der Waals surface area contributed by atoms with Crippen molar-refractivity contribution >= 4 is 30.4 Å². The summed E-state index contributed by atoms with van der Waals surface area (Å²) in [6, 6.07) is 29.6. The van der Waals surface area contributed by atoms with E-state index in [1.165, 1.54) is 22.5 Å². The second kappa shape index (κ2) is 6.63. The molecule has 0 bridgehead atoms. The van der Waals surface area contributed by atoms with Gasteiger partial charge in [0.05, 0.1) is 0 Å². The highest BCUT2D eigenvalue weighted by molar-refractivity contribution is 6.76. The molecular formula is C22H18BN. The summed E-state index contributed by atoms with van der Waals surface area (Å²) >= 11 is 0. The van der Waals surface area contributed by atoms with Crippen molar-refractivity contribution in [3.05, 3.63) is 108 Å². The van der Waals surface area contributed by atoms with Crippen molar-refractivity contribution < 1.29 is 0 Å². The van der Waals surface area contributed by atoms with Crippen LogP contribution in [0.1, 0.15) is 11.1 Å². The molecule has 0 N–H and O–H groups in total. The van der Waals surface area contributed by atoms with Gasteiger partial charge in [-0.25, -0.2) is 0 Å². The molecule has 0 unspecified atom stereocenters. The molecule has 0 aromatic heterocycles. The summed E-state index contributed by atoms with van der Waals surface area (Å²) in [5.74, 6) is 4.52. The van der Waals surface area contributed by atoms with Crippen molar-refractivity contribution in [2.45, 2.75) is 0 Å². The minimum absolute atomic E-state index is 0.197. The van der Waals surface area contributed by atoms with Crippen LogP contribution in [0.25, 0.3) is 12.2 Å². The minimum atomic E-state index is 0.197. The van der Waals surface area contributed by atoms with Gasteiger partial charge in [0, 0.05) is 11.4 Å². The van der Waals surface area contributed by atoms with Gasteiger partial charge >= 0.3 is 6.85 Å². The molecule has 0 aliphatic carbocycles. The molecule has 0 amide bonds. The van der Waals surface area contributed by atoms with Crippen LogP contribution < -0.4 is 4.81 Å². The Morgan fingerprint density at radius 1 is 0.708 bits per heavy atom. The molecule has 0 spiro atoms. The second-order valence-corrected chi connectivity index (χ2v) is 5.88. The first-order chi connectivity index (χ1) is 11.9. The first-order valence-corrected chi connectivity index (χ1v) is 8.26. The summed E-state index contributed by atoms with van der Waals surface area (Å²) < 4.78 is 0. The summed E-state index contributed by atoms with van der Waals surface area (Å²) in [5.41, 5.74) is 4.93. The first-order valence-electron chi connectivity index (χ1n) is 8.26. The maximum absolute atomic E-state index is 2.38. The fraction of sp³-hybridized carbons (Fsp3) is 0. The summed E-state index contributed by atoms with van der Waals surface area (Å²) in [4.78, 5) is 2.38. The van der Waals surface area contributed by atoms with E-state index in [1.807, 2.05) is 6.07 Å². The number of nitrogens with zero attached hydrogens (tertiary/aromatic N) is 1. The summed E-state index contributed by atoms with van der Waals surface area (Å²) in [7, 11) is 0. The molecule has 24 heavy (non-hydrogen) atoms. The predicted molar refractivity (Wildman–Crippen MR) is 105 cm³/mol. The van der Waals surface area contributed by atoms with Crippen LogP contribution in [0.4, 0.5) is 11.4 Å². The quantitative estimate of drug-likeness (QED) is 0.566. The lowest BCUT2D eigenvalue weighted by molar-refractivity contribution is 1.36. The fourth-order valence-electron chi connectivity index (χ4n) is 3.12. The fourth-order valence-corrected chi connectivity index (χ4v) is 3.12. The van der Waals surface area contributed by atoms with Gasteiger partial charge in [-0.15, -0.1) is 0 Å². The van der Waals surface area contributed by atoms with Crippen molar-refractivity contribution in [3.8, 4) is 0 Å². The predicted octanol–water partition coefficient (Wildman–Crippen LogP) is 5.63. The lowest BCUT2D eigenvalue weighted by Gasteiger charge is -2.32. The van der Waals surface area contributed by atoms with E-state index in [1.54, 1.807) is 0 Å². The number of anilines is 2. The third kappa shape index (κ3) is 2.91. The number of hydrogen-bond donors (Lipinski definition) is 0. The molecule has 0 radical (unpaired) electrons. The Bertz CT molecular complexity index is 869. The maximum atomic E-state index is 2.38. The molecule has 1 nitrogen and oxygen atoms in total. The van der Waals surface area contributed by atoms with Gasteiger partial charge < -0.3 is 4.81 Å². The zero-order valence-corrected chi connectivity index (χ0v) is 13.4. The topological polar surface area (TPSA) is 3.24 Å². The monoisotopic (exact) mass is 307 g/mol. The van der Waals surface area contributed by atoms with Crippen molar-refractivity contribution in [2.24, 2.45) is 0 Å². The van der Waals surface area contributed by atoms with Gasteiger partial charge in [-0.1, -0.05) is 90.8 Å². The van der Waals surface area contributed by atoms with Gasteiger partial charge in [0.15, 0.2) is 0 Å². The van der Waals surface area contributed by atoms with Gasteiger partial charge in [0.2, 0.25) is 0 Å². The van der Waals surface area contributed by atoms with E-state index in [9.17, 15) is 0 Å². The molecule has 1 aliphatic rings. The highest BCUT2D eigenvalue weighted by Gasteiger charge is 2.25. The van der Waals surface area contributed by atoms with Gasteiger partial charge in [-0.2, -0.15) is 0 Å². The Kier molecular flexibility index (Phi) is 4.03. The van der Waals surface area contributed by atoms with Crippen molar-refractivity contribution in [1.29, 1.82) is 0 Å². The van der Waals surface area contributed by atoms with Crippen LogP contribution in [0.3, 0.4) is 0 Å². The van der Waals surface area contributed by atoms with Crippen molar-refractivity contribution in [2.75, 3.05) is 4.81 Å². The third-order valence-corrected chi connectivity index (χ3v) is 4.29. The van der Waals surface area contributed by atoms with Crippen molar-refractivity contribution in [3.63, 3.8) is 0 Å². The van der Waals surface area contributed by atoms with E-state index < -0.39 is 0 Å². The Labute approximate surface area is 143 Å². The number of para-hydroxylation sites is 2. The van der Waals surface area contributed by atoms with Crippen LogP contribution in [-0.4, -0.2) is 6.85 Å². The number of hydrogen-bond acceptors (Lipinski definition) is 1. The van der Waals surface area contributed by atoms with Crippen LogP contribution in [0.2, 0.25) is 0 Å². The summed E-state index contributed by atoms with van der Waals surface area (Å²) in [5, 5.41) is 0. The molecule has 0 saturated heterocycles. The van der Waals surface area contributed by atoms with Gasteiger partial charge in [-0.05, 0) is 29.3 Å². The molecule has 4 rings (SSSR count). The molecule has 114 valence electrons. The molecule has 2 heteroatoms. The standard InChI is InChI=1S/C22H18BN/c1-3-9-19(10-4-1)15-17-23-18-16-20-11-7-8-14-22(20)24(23)21-12-5-2-6-13-21/h1-18H/b17-15+. The number of fused-ring (bicyclic) bond motifs is 1. The number of rotatable bonds is 3. The number of benzene rings is 3. The Balaban J connectivity index is 1.74. The van der Waals surface area contributed by atoms with E-state index in [4.69, 9.17) is 0 Å². The Morgan fingerprint density at radius 3 is 2.17 bits per heavy atom. The van der Waals surface area contributed by atoms with Crippen LogP contribution >= 0.6 is 0 Å². The zero-order valence-electron chi connectivity index (χ0n) is 13.4. The SMILES string of the molecule is C1=Cc2ccccc2N(c2ccccc2)B1/C=C/c1ccccc1. The van der Waals surface area contributed by atoms with Crippen molar-refractivity contribution in [1.82, 2.24) is 0 Å². The van der Waals surface area contributed by atoms with Crippen LogP contribution in [0.15, 0.2) is 96.9 Å². The summed E-state index contributed by atoms with van der Waals surface area (Å²) in [6.45, 7) is 0.197. The molecule has 0 fully saturated rings. The average Bonchev–Trinajstić information content (AvgIpc) is 2.67. The van der Waals surface area contributed by atoms with Gasteiger partial charge in [-0.3, -0.25) is 0 Å². The smallest absolute Gasteiger partial charge is 0.313 e. The Hall–Kier alpha value is -3.00. The normalized spacial score (nSPS) is 13.3. The third-order valence-electron chi connectivity index (χ3n) is 4.29. The first kappa shape index (κ1) is 14.6. The lowest BCUT2D eigenvalue weighted by atomic mass is 9.57. The molecule has 3 aromatic carbocycles. The maximum Gasteiger partial charge on any atom is 0.313 e. The van der Waals surface area contributed by atoms with E-state index in [-0.39, 0.29) is 6.85 Å². The second-order valence-electron chi connectivity index (χ2n) is 5.88. The van der Waals surface area contributed by atoms with E-state index in [0.29, 0.717) is 0 Å². The van der Waals surface area contributed by atoms with E-state index >= 15 is 0 Å². The van der Waals surface area contributed by atoms with Crippen LogP contribution in [0, 0.1) is 0 Å². The zero-order chi connectivity index (χ0) is 16.2. The van der Waals surface area contributed by atoms with E-state index in [0.717, 1.165) is 0 Å². The molecule has 0 atom stereocenters. The van der Waals surface area contributed by atoms with Gasteiger partial charge in [0.25, 0.3) is 0 Å². The molecule has 1 aliphatic heterocycles. The molecule has 1 heterocycles. The Morgan fingerprint density at radius 2 is 1.38 bits per heavy atom. The lowest BCUT2D eigenvalue weighted by Crippen LogP contribution is -2.35. The molecule has 3 aromatic rings. The average molecular weight is 307 g/mol. The molecular weight excluding hydrogens is 289 g/mol. The largest absolute Gasteiger partial charge is 0.377 e.